The van der Waals surface area contributed by atoms with Crippen LogP contribution in [0.5, 0.6) is 0 Å². The Hall–Kier alpha value is -1.99. The van der Waals surface area contributed by atoms with E-state index in [1.165, 1.54) is 68.3 Å². The standard InChI is InChI=1S/C23H30N4O2S/c28-21(29)12-18-14-30-23(25-18)20-11-16-9-15(13-27-7-3-4-8-27)10-19(22(16)26-20)24-17-5-1-2-6-17/h9-11,17-18,24,26H,1-8,12-14H2,(H,28,29)/t18-/m1/s1. The Labute approximate surface area is 181 Å². The molecule has 160 valence electrons. The number of carboxylic acids is 1. The van der Waals surface area contributed by atoms with Gasteiger partial charge in [0.2, 0.25) is 0 Å². The number of H-pyrrole nitrogens is 1. The highest BCUT2D eigenvalue weighted by Gasteiger charge is 2.24. The van der Waals surface area contributed by atoms with Gasteiger partial charge in [-0.15, -0.1) is 11.8 Å². The smallest absolute Gasteiger partial charge is 0.305 e. The summed E-state index contributed by atoms with van der Waals surface area (Å²) in [6.45, 7) is 3.40. The molecule has 0 unspecified atom stereocenters. The first kappa shape index (κ1) is 19.9. The number of fused-ring (bicyclic) bond motifs is 1. The van der Waals surface area contributed by atoms with E-state index in [2.05, 4.69) is 38.4 Å². The lowest BCUT2D eigenvalue weighted by molar-refractivity contribution is -0.137. The summed E-state index contributed by atoms with van der Waals surface area (Å²) in [5, 5.41) is 15.0. The van der Waals surface area contributed by atoms with E-state index in [0.717, 1.165) is 28.6 Å². The molecule has 1 aliphatic carbocycles. The van der Waals surface area contributed by atoms with Gasteiger partial charge in [-0.1, -0.05) is 12.8 Å². The van der Waals surface area contributed by atoms with Gasteiger partial charge in [-0.3, -0.25) is 14.7 Å². The third-order valence-electron chi connectivity index (χ3n) is 6.46. The van der Waals surface area contributed by atoms with Crippen molar-refractivity contribution in [2.45, 2.75) is 63.6 Å². The molecular formula is C23H30N4O2S. The summed E-state index contributed by atoms with van der Waals surface area (Å²) in [4.78, 5) is 21.8. The van der Waals surface area contributed by atoms with Crippen LogP contribution in [0.15, 0.2) is 23.2 Å². The summed E-state index contributed by atoms with van der Waals surface area (Å²) in [7, 11) is 0. The van der Waals surface area contributed by atoms with Crippen molar-refractivity contribution in [1.82, 2.24) is 9.88 Å². The van der Waals surface area contributed by atoms with E-state index >= 15 is 0 Å². The molecule has 30 heavy (non-hydrogen) atoms. The Morgan fingerprint density at radius 2 is 2.00 bits per heavy atom. The van der Waals surface area contributed by atoms with Crippen LogP contribution in [-0.2, 0) is 11.3 Å². The predicted molar refractivity (Wildman–Crippen MR) is 124 cm³/mol. The maximum Gasteiger partial charge on any atom is 0.305 e. The number of rotatable bonds is 7. The third-order valence-corrected chi connectivity index (χ3v) is 7.61. The molecule has 2 fully saturated rings. The van der Waals surface area contributed by atoms with Gasteiger partial charge in [0.05, 0.1) is 29.4 Å². The number of hydrogen-bond donors (Lipinski definition) is 3. The van der Waals surface area contributed by atoms with Crippen LogP contribution in [0.4, 0.5) is 5.69 Å². The Morgan fingerprint density at radius 1 is 1.20 bits per heavy atom. The van der Waals surface area contributed by atoms with E-state index < -0.39 is 5.97 Å². The first-order valence-corrected chi connectivity index (χ1v) is 12.2. The van der Waals surface area contributed by atoms with Crippen LogP contribution in [0, 0.1) is 0 Å². The fraction of sp³-hybridized carbons (Fsp3) is 0.565. The fourth-order valence-corrected chi connectivity index (χ4v) is 6.02. The zero-order valence-electron chi connectivity index (χ0n) is 17.3. The number of aliphatic carboxylic acids is 1. The summed E-state index contributed by atoms with van der Waals surface area (Å²) in [6, 6.07) is 7.26. The lowest BCUT2D eigenvalue weighted by Gasteiger charge is -2.18. The number of carbonyl (C=O) groups is 1. The maximum absolute atomic E-state index is 11.0. The van der Waals surface area contributed by atoms with Crippen molar-refractivity contribution in [2.24, 2.45) is 4.99 Å². The summed E-state index contributed by atoms with van der Waals surface area (Å²) < 4.78 is 0. The zero-order valence-corrected chi connectivity index (χ0v) is 18.1. The van der Waals surface area contributed by atoms with E-state index in [0.29, 0.717) is 6.04 Å². The Morgan fingerprint density at radius 3 is 2.77 bits per heavy atom. The van der Waals surface area contributed by atoms with Crippen LogP contribution in [0.3, 0.4) is 0 Å². The Kier molecular flexibility index (Phi) is 5.74. The van der Waals surface area contributed by atoms with Gasteiger partial charge in [0.1, 0.15) is 5.04 Å². The first-order chi connectivity index (χ1) is 14.6. The minimum Gasteiger partial charge on any atom is -0.481 e. The Bertz CT molecular complexity index is 958. The molecule has 1 atom stereocenters. The van der Waals surface area contributed by atoms with Gasteiger partial charge in [0.25, 0.3) is 0 Å². The molecule has 7 heteroatoms. The van der Waals surface area contributed by atoms with Gasteiger partial charge in [-0.2, -0.15) is 0 Å². The van der Waals surface area contributed by atoms with Crippen molar-refractivity contribution >= 4 is 39.4 Å². The Balaban J connectivity index is 1.46. The largest absolute Gasteiger partial charge is 0.481 e. The van der Waals surface area contributed by atoms with Gasteiger partial charge < -0.3 is 15.4 Å². The average molecular weight is 427 g/mol. The lowest BCUT2D eigenvalue weighted by atomic mass is 10.1. The summed E-state index contributed by atoms with van der Waals surface area (Å²) in [6.07, 6.45) is 7.81. The van der Waals surface area contributed by atoms with Gasteiger partial charge in [-0.25, -0.2) is 0 Å². The second-order valence-electron chi connectivity index (χ2n) is 8.90. The quantitative estimate of drug-likeness (QED) is 0.609. The van der Waals surface area contributed by atoms with Crippen LogP contribution in [0.2, 0.25) is 0 Å². The number of likely N-dealkylation sites (tertiary alicyclic amines) is 1. The summed E-state index contributed by atoms with van der Waals surface area (Å²) in [5.41, 5.74) is 4.72. The number of aliphatic imine (C=N–C) groups is 1. The molecule has 5 rings (SSSR count). The van der Waals surface area contributed by atoms with Crippen LogP contribution < -0.4 is 5.32 Å². The van der Waals surface area contributed by atoms with Crippen LogP contribution in [0.25, 0.3) is 10.9 Å². The van der Waals surface area contributed by atoms with Crippen LogP contribution in [0.1, 0.15) is 56.2 Å². The lowest BCUT2D eigenvalue weighted by Crippen LogP contribution is -2.19. The number of carboxylic acid groups (broad SMARTS) is 1. The topological polar surface area (TPSA) is 80.7 Å². The first-order valence-electron chi connectivity index (χ1n) is 11.2. The number of aromatic amines is 1. The van der Waals surface area contributed by atoms with E-state index in [1.54, 1.807) is 11.8 Å². The van der Waals surface area contributed by atoms with Crippen molar-refractivity contribution in [1.29, 1.82) is 0 Å². The van der Waals surface area contributed by atoms with E-state index in [-0.39, 0.29) is 12.5 Å². The molecule has 0 spiro atoms. The van der Waals surface area contributed by atoms with E-state index in [1.807, 2.05) is 0 Å². The molecule has 0 radical (unpaired) electrons. The normalized spacial score (nSPS) is 22.8. The van der Waals surface area contributed by atoms with Gasteiger partial charge >= 0.3 is 5.97 Å². The molecule has 6 nitrogen and oxygen atoms in total. The number of nitrogens with zero attached hydrogens (tertiary/aromatic N) is 2. The zero-order chi connectivity index (χ0) is 20.5. The molecule has 1 aromatic carbocycles. The van der Waals surface area contributed by atoms with E-state index in [9.17, 15) is 4.79 Å². The number of thioether (sulfide) groups is 1. The molecule has 3 heterocycles. The minimum absolute atomic E-state index is 0.102. The molecule has 0 amide bonds. The van der Waals surface area contributed by atoms with Crippen molar-refractivity contribution in [3.05, 3.63) is 29.5 Å². The van der Waals surface area contributed by atoms with Crippen molar-refractivity contribution in [3.63, 3.8) is 0 Å². The van der Waals surface area contributed by atoms with Gasteiger partial charge in [0, 0.05) is 23.7 Å². The third kappa shape index (κ3) is 4.37. The van der Waals surface area contributed by atoms with Crippen molar-refractivity contribution in [2.75, 3.05) is 24.2 Å². The SMILES string of the molecule is O=C(O)C[C@@H]1CSC(c2cc3cc(CN4CCCC4)cc(NC4CCCC4)c3[nH]2)=N1. The van der Waals surface area contributed by atoms with Crippen molar-refractivity contribution in [3.8, 4) is 0 Å². The summed E-state index contributed by atoms with van der Waals surface area (Å²) >= 11 is 1.66. The predicted octanol–water partition coefficient (Wildman–Crippen LogP) is 4.45. The monoisotopic (exact) mass is 426 g/mol. The molecule has 1 aromatic heterocycles. The molecule has 1 saturated heterocycles. The highest BCUT2D eigenvalue weighted by atomic mass is 32.2. The number of nitrogens with one attached hydrogen (secondary N) is 2. The second-order valence-corrected chi connectivity index (χ2v) is 9.91. The number of benzene rings is 1. The fourth-order valence-electron chi connectivity index (χ4n) is 4.98. The summed E-state index contributed by atoms with van der Waals surface area (Å²) in [5.74, 6) is -0.0402. The highest BCUT2D eigenvalue weighted by Crippen LogP contribution is 2.33. The molecule has 2 aliphatic heterocycles. The number of anilines is 1. The highest BCUT2D eigenvalue weighted by molar-refractivity contribution is 8.14. The molecular weight excluding hydrogens is 396 g/mol. The second kappa shape index (κ2) is 8.63. The molecule has 1 saturated carbocycles. The molecule has 3 N–H and O–H groups in total. The molecule has 0 bridgehead atoms. The maximum atomic E-state index is 11.0. The van der Waals surface area contributed by atoms with Crippen LogP contribution in [-0.4, -0.2) is 56.9 Å². The minimum atomic E-state index is -0.781. The van der Waals surface area contributed by atoms with Crippen LogP contribution >= 0.6 is 11.8 Å². The van der Waals surface area contributed by atoms with Gasteiger partial charge in [0.15, 0.2) is 0 Å². The number of hydrogen-bond acceptors (Lipinski definition) is 5. The van der Waals surface area contributed by atoms with Crippen molar-refractivity contribution < 1.29 is 9.90 Å². The average Bonchev–Trinajstić information content (AvgIpc) is 3.49. The van der Waals surface area contributed by atoms with Gasteiger partial charge in [-0.05, 0) is 62.5 Å². The number of aromatic nitrogens is 1. The molecule has 3 aliphatic rings. The van der Waals surface area contributed by atoms with E-state index in [4.69, 9.17) is 5.11 Å². The molecule has 2 aromatic rings.